The van der Waals surface area contributed by atoms with Crippen molar-refractivity contribution in [1.29, 1.82) is 0 Å². The van der Waals surface area contributed by atoms with Gasteiger partial charge in [-0.25, -0.2) is 26.3 Å². The molecular formula is C17H11Cl2F3N2O2S. The van der Waals surface area contributed by atoms with Crippen LogP contribution in [0.5, 0.6) is 0 Å². The van der Waals surface area contributed by atoms with Gasteiger partial charge in [0.25, 0.3) is 6.43 Å². The number of nitrogens with zero attached hydrogens (tertiary/aromatic N) is 2. The smallest absolute Gasteiger partial charge is 0.233 e. The second-order valence-corrected chi connectivity index (χ2v) is 8.57. The van der Waals surface area contributed by atoms with Crippen molar-refractivity contribution in [3.05, 3.63) is 64.0 Å². The summed E-state index contributed by atoms with van der Waals surface area (Å²) in [5.74, 6) is -0.995. The molecule has 0 saturated carbocycles. The Bertz CT molecular complexity index is 1110. The number of rotatable bonds is 4. The average molecular weight is 435 g/mol. The van der Waals surface area contributed by atoms with Crippen molar-refractivity contribution in [3.8, 4) is 16.9 Å². The molecule has 0 aliphatic heterocycles. The van der Waals surface area contributed by atoms with Crippen molar-refractivity contribution in [2.75, 3.05) is 6.26 Å². The maximum absolute atomic E-state index is 14.3. The van der Waals surface area contributed by atoms with Crippen molar-refractivity contribution >= 4 is 33.0 Å². The summed E-state index contributed by atoms with van der Waals surface area (Å²) in [6.07, 6.45) is -1.99. The summed E-state index contributed by atoms with van der Waals surface area (Å²) in [4.78, 5) is -0.489. The average Bonchev–Trinajstić information content (AvgIpc) is 2.98. The van der Waals surface area contributed by atoms with Gasteiger partial charge in [0.2, 0.25) is 0 Å². The van der Waals surface area contributed by atoms with E-state index in [9.17, 15) is 21.6 Å². The molecule has 0 aliphatic carbocycles. The predicted octanol–water partition coefficient (Wildman–Crippen LogP) is 5.33. The molecule has 1 aromatic heterocycles. The fraction of sp³-hybridized carbons (Fsp3) is 0.118. The molecule has 1 heterocycles. The van der Waals surface area contributed by atoms with Crippen LogP contribution in [0.15, 0.2) is 47.4 Å². The van der Waals surface area contributed by atoms with Crippen LogP contribution in [0.3, 0.4) is 0 Å². The number of aromatic nitrogens is 2. The first kappa shape index (κ1) is 19.7. The molecule has 0 saturated heterocycles. The molecule has 0 fully saturated rings. The van der Waals surface area contributed by atoms with Crippen molar-refractivity contribution in [2.45, 2.75) is 11.3 Å². The molecule has 10 heteroatoms. The lowest BCUT2D eigenvalue weighted by Crippen LogP contribution is -2.03. The van der Waals surface area contributed by atoms with Gasteiger partial charge < -0.3 is 0 Å². The molecule has 0 amide bonds. The molecular weight excluding hydrogens is 424 g/mol. The van der Waals surface area contributed by atoms with Crippen molar-refractivity contribution in [2.24, 2.45) is 0 Å². The quantitative estimate of drug-likeness (QED) is 0.557. The first-order valence-electron chi connectivity index (χ1n) is 7.41. The van der Waals surface area contributed by atoms with E-state index < -0.39 is 32.7 Å². The molecule has 2 aromatic carbocycles. The normalized spacial score (nSPS) is 12.0. The number of halogens is 5. The number of hydrogen-bond donors (Lipinski definition) is 0. The van der Waals surface area contributed by atoms with E-state index in [0.29, 0.717) is 5.69 Å². The Balaban J connectivity index is 2.22. The van der Waals surface area contributed by atoms with Gasteiger partial charge in [-0.1, -0.05) is 29.3 Å². The summed E-state index contributed by atoms with van der Waals surface area (Å²) < 4.78 is 64.9. The molecule has 142 valence electrons. The fourth-order valence-electron chi connectivity index (χ4n) is 2.53. The maximum atomic E-state index is 14.3. The highest BCUT2D eigenvalue weighted by Gasteiger charge is 2.20. The van der Waals surface area contributed by atoms with Gasteiger partial charge in [0.1, 0.15) is 16.4 Å². The molecule has 0 unspecified atom stereocenters. The van der Waals surface area contributed by atoms with Crippen molar-refractivity contribution in [1.82, 2.24) is 9.78 Å². The van der Waals surface area contributed by atoms with E-state index in [1.54, 1.807) is 0 Å². The highest BCUT2D eigenvalue weighted by molar-refractivity contribution is 7.90. The van der Waals surface area contributed by atoms with Crippen LogP contribution in [0.25, 0.3) is 16.9 Å². The number of alkyl halides is 2. The number of sulfone groups is 1. The van der Waals surface area contributed by atoms with Crippen LogP contribution >= 0.6 is 23.2 Å². The fourth-order valence-corrected chi connectivity index (χ4v) is 3.77. The van der Waals surface area contributed by atoms with Gasteiger partial charge in [-0.05, 0) is 36.4 Å². The predicted molar refractivity (Wildman–Crippen MR) is 97.0 cm³/mol. The highest BCUT2D eigenvalue weighted by atomic mass is 35.5. The lowest BCUT2D eigenvalue weighted by atomic mass is 10.1. The van der Waals surface area contributed by atoms with E-state index in [4.69, 9.17) is 23.2 Å². The van der Waals surface area contributed by atoms with Gasteiger partial charge in [-0.3, -0.25) is 0 Å². The van der Waals surface area contributed by atoms with Gasteiger partial charge in [-0.15, -0.1) is 0 Å². The molecule has 0 atom stereocenters. The summed E-state index contributed by atoms with van der Waals surface area (Å²) in [7, 11) is -3.77. The molecule has 4 nitrogen and oxygen atoms in total. The standard InChI is InChI=1S/C17H11Cl2F3N2O2S/c1-27(25,26)16-3-2-9(4-13(16)20)15-8-14(17(21)22)23-24(15)12-6-10(18)5-11(19)7-12/h2-8,17H,1H3. The summed E-state index contributed by atoms with van der Waals surface area (Å²) in [5, 5.41) is 4.37. The summed E-state index contributed by atoms with van der Waals surface area (Å²) in [5.41, 5.74) is 0.0497. The van der Waals surface area contributed by atoms with Crippen molar-refractivity contribution < 1.29 is 21.6 Å². The Morgan fingerprint density at radius 1 is 1.04 bits per heavy atom. The lowest BCUT2D eigenvalue weighted by molar-refractivity contribution is 0.145. The van der Waals surface area contributed by atoms with Gasteiger partial charge in [0, 0.05) is 21.9 Å². The van der Waals surface area contributed by atoms with Crippen molar-refractivity contribution in [3.63, 3.8) is 0 Å². The SMILES string of the molecule is CS(=O)(=O)c1ccc(-c2cc(C(F)F)nn2-c2cc(Cl)cc(Cl)c2)cc1F. The van der Waals surface area contributed by atoms with E-state index in [1.807, 2.05) is 0 Å². The van der Waals surface area contributed by atoms with E-state index in [-0.39, 0.29) is 21.3 Å². The third-order valence-electron chi connectivity index (χ3n) is 3.67. The van der Waals surface area contributed by atoms with Crippen LogP contribution in [-0.4, -0.2) is 24.5 Å². The molecule has 0 aliphatic rings. The van der Waals surface area contributed by atoms with Crippen LogP contribution < -0.4 is 0 Å². The zero-order chi connectivity index (χ0) is 19.9. The van der Waals surface area contributed by atoms with Gasteiger partial charge in [0.05, 0.1) is 11.4 Å². The Morgan fingerprint density at radius 3 is 2.19 bits per heavy atom. The molecule has 27 heavy (non-hydrogen) atoms. The minimum absolute atomic E-state index is 0.127. The minimum atomic E-state index is -3.77. The zero-order valence-corrected chi connectivity index (χ0v) is 16.0. The molecule has 0 N–H and O–H groups in total. The lowest BCUT2D eigenvalue weighted by Gasteiger charge is -2.10. The summed E-state index contributed by atoms with van der Waals surface area (Å²) in [6, 6.07) is 8.81. The molecule has 0 bridgehead atoms. The van der Waals surface area contributed by atoms with Crippen LogP contribution in [0.4, 0.5) is 13.2 Å². The number of hydrogen-bond acceptors (Lipinski definition) is 3. The molecule has 3 aromatic rings. The van der Waals surface area contributed by atoms with Gasteiger partial charge in [0.15, 0.2) is 9.84 Å². The highest BCUT2D eigenvalue weighted by Crippen LogP contribution is 2.31. The summed E-state index contributed by atoms with van der Waals surface area (Å²) >= 11 is 11.9. The summed E-state index contributed by atoms with van der Waals surface area (Å²) in [6.45, 7) is 0. The van der Waals surface area contributed by atoms with E-state index in [2.05, 4.69) is 5.10 Å². The van der Waals surface area contributed by atoms with E-state index in [1.165, 1.54) is 24.3 Å². The van der Waals surface area contributed by atoms with Crippen LogP contribution in [-0.2, 0) is 9.84 Å². The minimum Gasteiger partial charge on any atom is -0.233 e. The molecule has 0 radical (unpaired) electrons. The Morgan fingerprint density at radius 2 is 1.67 bits per heavy atom. The van der Waals surface area contributed by atoms with Gasteiger partial charge >= 0.3 is 0 Å². The first-order valence-corrected chi connectivity index (χ1v) is 10.1. The van der Waals surface area contributed by atoms with Gasteiger partial charge in [-0.2, -0.15) is 5.10 Å². The second kappa shape index (κ2) is 7.18. The molecule has 3 rings (SSSR count). The van der Waals surface area contributed by atoms with Crippen LogP contribution in [0.1, 0.15) is 12.1 Å². The number of benzene rings is 2. The third kappa shape index (κ3) is 4.12. The van der Waals surface area contributed by atoms with E-state index in [0.717, 1.165) is 29.1 Å². The molecule has 0 spiro atoms. The zero-order valence-electron chi connectivity index (χ0n) is 13.6. The third-order valence-corrected chi connectivity index (χ3v) is 5.24. The van der Waals surface area contributed by atoms with Crippen LogP contribution in [0, 0.1) is 5.82 Å². The first-order chi connectivity index (χ1) is 12.6. The second-order valence-electron chi connectivity index (χ2n) is 5.71. The van der Waals surface area contributed by atoms with E-state index >= 15 is 0 Å². The monoisotopic (exact) mass is 434 g/mol. The largest absolute Gasteiger partial charge is 0.282 e. The maximum Gasteiger partial charge on any atom is 0.282 e. The Labute approximate surface area is 163 Å². The Kier molecular flexibility index (Phi) is 5.24. The Hall–Kier alpha value is -2.03. The van der Waals surface area contributed by atoms with Crippen LogP contribution in [0.2, 0.25) is 10.0 Å². The topological polar surface area (TPSA) is 52.0 Å².